The maximum atomic E-state index is 12.0. The van der Waals surface area contributed by atoms with Crippen molar-refractivity contribution in [1.29, 1.82) is 0 Å². The highest BCUT2D eigenvalue weighted by Gasteiger charge is 2.23. The monoisotopic (exact) mass is 290 g/mol. The van der Waals surface area contributed by atoms with Crippen LogP contribution in [0.2, 0.25) is 5.28 Å². The molecular formula is C10H15ClN4O2S. The van der Waals surface area contributed by atoms with Crippen LogP contribution in [0.1, 0.15) is 12.8 Å². The molecule has 100 valence electrons. The fraction of sp³-hybridized carbons (Fsp3) is 0.600. The molecule has 1 aliphatic heterocycles. The van der Waals surface area contributed by atoms with Crippen molar-refractivity contribution in [2.24, 2.45) is 0 Å². The average Bonchev–Trinajstić information content (AvgIpc) is 2.73. The van der Waals surface area contributed by atoms with E-state index in [1.165, 1.54) is 12.4 Å². The predicted octanol–water partition coefficient (Wildman–Crippen LogP) is 0.502. The lowest BCUT2D eigenvalue weighted by Crippen LogP contribution is -2.38. The van der Waals surface area contributed by atoms with E-state index in [4.69, 9.17) is 11.6 Å². The van der Waals surface area contributed by atoms with Gasteiger partial charge in [-0.3, -0.25) is 0 Å². The van der Waals surface area contributed by atoms with Crippen LogP contribution >= 0.6 is 11.6 Å². The molecule has 6 nitrogen and oxygen atoms in total. The van der Waals surface area contributed by atoms with Gasteiger partial charge in [-0.15, -0.1) is 0 Å². The predicted molar refractivity (Wildman–Crippen MR) is 67.9 cm³/mol. The number of hydrogen-bond acceptors (Lipinski definition) is 5. The highest BCUT2D eigenvalue weighted by atomic mass is 35.5. The minimum atomic E-state index is -3.55. The van der Waals surface area contributed by atoms with E-state index in [9.17, 15) is 8.42 Å². The topological polar surface area (TPSA) is 75.2 Å². The molecule has 1 unspecified atom stereocenters. The first-order valence-corrected chi connectivity index (χ1v) is 7.52. The van der Waals surface area contributed by atoms with Gasteiger partial charge in [-0.1, -0.05) is 0 Å². The lowest BCUT2D eigenvalue weighted by molar-refractivity contribution is 0.311. The van der Waals surface area contributed by atoms with Crippen LogP contribution in [0.3, 0.4) is 0 Å². The highest BCUT2D eigenvalue weighted by Crippen LogP contribution is 2.15. The van der Waals surface area contributed by atoms with Gasteiger partial charge in [-0.2, -0.15) is 0 Å². The number of likely N-dealkylation sites (N-methyl/N-ethyl adjacent to an activating group) is 1. The summed E-state index contributed by atoms with van der Waals surface area (Å²) in [4.78, 5) is 9.52. The molecule has 1 aromatic rings. The van der Waals surface area contributed by atoms with Gasteiger partial charge in [-0.25, -0.2) is 23.1 Å². The van der Waals surface area contributed by atoms with Gasteiger partial charge < -0.3 is 4.90 Å². The van der Waals surface area contributed by atoms with Crippen molar-refractivity contribution in [3.05, 3.63) is 17.7 Å². The molecule has 0 radical (unpaired) electrons. The van der Waals surface area contributed by atoms with Gasteiger partial charge in [0.15, 0.2) is 0 Å². The molecule has 2 heterocycles. The summed E-state index contributed by atoms with van der Waals surface area (Å²) < 4.78 is 26.5. The molecule has 1 N–H and O–H groups in total. The van der Waals surface area contributed by atoms with Crippen LogP contribution in [0.15, 0.2) is 17.3 Å². The summed E-state index contributed by atoms with van der Waals surface area (Å²) >= 11 is 5.52. The Bertz CT molecular complexity index is 505. The first-order chi connectivity index (χ1) is 8.49. The maximum Gasteiger partial charge on any atom is 0.243 e. The number of aromatic nitrogens is 2. The van der Waals surface area contributed by atoms with E-state index in [0.29, 0.717) is 6.54 Å². The van der Waals surface area contributed by atoms with Gasteiger partial charge in [0.1, 0.15) is 4.90 Å². The quantitative estimate of drug-likeness (QED) is 0.818. The minimum Gasteiger partial charge on any atom is -0.302 e. The standard InChI is InChI=1S/C10H15ClN4O2S/c1-15-4-2-3-8(15)5-14-18(16,17)9-6-12-10(11)13-7-9/h6-8,14H,2-5H2,1H3. The zero-order valence-electron chi connectivity index (χ0n) is 10.0. The van der Waals surface area contributed by atoms with Crippen molar-refractivity contribution in [1.82, 2.24) is 19.6 Å². The molecule has 2 rings (SSSR count). The summed E-state index contributed by atoms with van der Waals surface area (Å²) in [5.41, 5.74) is 0. The number of rotatable bonds is 4. The Morgan fingerprint density at radius 3 is 2.72 bits per heavy atom. The van der Waals surface area contributed by atoms with Gasteiger partial charge in [0.2, 0.25) is 15.3 Å². The summed E-state index contributed by atoms with van der Waals surface area (Å²) in [6.07, 6.45) is 4.52. The summed E-state index contributed by atoms with van der Waals surface area (Å²) in [5.74, 6) is 0. The van der Waals surface area contributed by atoms with Gasteiger partial charge >= 0.3 is 0 Å². The fourth-order valence-electron chi connectivity index (χ4n) is 1.97. The van der Waals surface area contributed by atoms with Gasteiger partial charge in [0.25, 0.3) is 0 Å². The molecule has 0 spiro atoms. The number of nitrogens with one attached hydrogen (secondary N) is 1. The van der Waals surface area contributed by atoms with Crippen molar-refractivity contribution in [3.63, 3.8) is 0 Å². The van der Waals surface area contributed by atoms with E-state index in [1.54, 1.807) is 0 Å². The third-order valence-corrected chi connectivity index (χ3v) is 4.66. The van der Waals surface area contributed by atoms with E-state index < -0.39 is 10.0 Å². The van der Waals surface area contributed by atoms with Crippen LogP contribution in [0.4, 0.5) is 0 Å². The molecular weight excluding hydrogens is 276 g/mol. The molecule has 0 amide bonds. The van der Waals surface area contributed by atoms with Crippen LogP contribution in [-0.4, -0.2) is 49.5 Å². The lowest BCUT2D eigenvalue weighted by atomic mass is 10.2. The van der Waals surface area contributed by atoms with Crippen molar-refractivity contribution in [2.45, 2.75) is 23.8 Å². The summed E-state index contributed by atoms with van der Waals surface area (Å²) in [7, 11) is -1.55. The summed E-state index contributed by atoms with van der Waals surface area (Å²) in [5, 5.41) is 0.0319. The Kier molecular flexibility index (Phi) is 4.16. The maximum absolute atomic E-state index is 12.0. The molecule has 0 bridgehead atoms. The summed E-state index contributed by atoms with van der Waals surface area (Å²) in [6, 6.07) is 0.257. The van der Waals surface area contributed by atoms with Crippen LogP contribution in [0.25, 0.3) is 0 Å². The fourth-order valence-corrected chi connectivity index (χ4v) is 3.02. The molecule has 0 aliphatic carbocycles. The van der Waals surface area contributed by atoms with Crippen molar-refractivity contribution in [3.8, 4) is 0 Å². The van der Waals surface area contributed by atoms with Crippen molar-refractivity contribution < 1.29 is 8.42 Å². The molecule has 1 aliphatic rings. The van der Waals surface area contributed by atoms with Gasteiger partial charge in [0.05, 0.1) is 12.4 Å². The average molecular weight is 291 g/mol. The Hall–Kier alpha value is -0.760. The first kappa shape index (κ1) is 13.7. The molecule has 1 fully saturated rings. The molecule has 1 aromatic heterocycles. The van der Waals surface area contributed by atoms with Crippen molar-refractivity contribution in [2.75, 3.05) is 20.1 Å². The second-order valence-electron chi connectivity index (χ2n) is 4.32. The third kappa shape index (κ3) is 3.17. The first-order valence-electron chi connectivity index (χ1n) is 5.66. The van der Waals surface area contributed by atoms with Crippen LogP contribution in [-0.2, 0) is 10.0 Å². The van der Waals surface area contributed by atoms with Gasteiger partial charge in [-0.05, 0) is 38.0 Å². The second kappa shape index (κ2) is 5.48. The Labute approximate surface area is 111 Å². The zero-order chi connectivity index (χ0) is 13.2. The Morgan fingerprint density at radius 1 is 1.50 bits per heavy atom. The number of halogens is 1. The van der Waals surface area contributed by atoms with Gasteiger partial charge in [0, 0.05) is 12.6 Å². The number of nitrogens with zero attached hydrogens (tertiary/aromatic N) is 3. The van der Waals surface area contributed by atoms with Crippen LogP contribution in [0.5, 0.6) is 0 Å². The number of sulfonamides is 1. The van der Waals surface area contributed by atoms with Crippen LogP contribution in [0, 0.1) is 0 Å². The van der Waals surface area contributed by atoms with E-state index >= 15 is 0 Å². The smallest absolute Gasteiger partial charge is 0.243 e. The second-order valence-corrected chi connectivity index (χ2v) is 6.42. The molecule has 0 saturated carbocycles. The van der Waals surface area contributed by atoms with E-state index in [0.717, 1.165) is 19.4 Å². The van der Waals surface area contributed by atoms with E-state index in [-0.39, 0.29) is 16.2 Å². The van der Waals surface area contributed by atoms with Crippen molar-refractivity contribution >= 4 is 21.6 Å². The zero-order valence-corrected chi connectivity index (χ0v) is 11.6. The van der Waals surface area contributed by atoms with Crippen LogP contribution < -0.4 is 4.72 Å². The largest absolute Gasteiger partial charge is 0.302 e. The number of hydrogen-bond donors (Lipinski definition) is 1. The Balaban J connectivity index is 2.01. The molecule has 18 heavy (non-hydrogen) atoms. The molecule has 1 atom stereocenters. The normalized spacial score (nSPS) is 21.3. The highest BCUT2D eigenvalue weighted by molar-refractivity contribution is 7.89. The third-order valence-electron chi connectivity index (χ3n) is 3.09. The van der Waals surface area contributed by atoms with E-state index in [2.05, 4.69) is 19.6 Å². The van der Waals surface area contributed by atoms with E-state index in [1.807, 2.05) is 7.05 Å². The molecule has 1 saturated heterocycles. The molecule has 8 heteroatoms. The minimum absolute atomic E-state index is 0.0319. The number of likely N-dealkylation sites (tertiary alicyclic amines) is 1. The Morgan fingerprint density at radius 2 is 2.17 bits per heavy atom. The molecule has 0 aromatic carbocycles. The summed E-state index contributed by atoms with van der Waals surface area (Å²) in [6.45, 7) is 1.41. The lowest BCUT2D eigenvalue weighted by Gasteiger charge is -2.19. The SMILES string of the molecule is CN1CCCC1CNS(=O)(=O)c1cnc(Cl)nc1.